The number of methoxy groups -OCH3 is 1. The number of hydrogen-bond donors (Lipinski definition) is 1. The topological polar surface area (TPSA) is 89.0 Å². The standard InChI is InChI=1S/C31H26N2O5/c1-20-13-14-26(37-2)25(16-20)29(34)27-28(33(31(36)30(27)35)19-21-8-7-15-32-18-21)22-9-6-12-24(17-22)38-23-10-4-3-5-11-23/h3-18,28,34H,19H2,1-2H3/b29-27+. The third kappa shape index (κ3) is 4.86. The van der Waals surface area contributed by atoms with Gasteiger partial charge in [0.15, 0.2) is 0 Å². The molecule has 1 N–H and O–H groups in total. The first-order chi connectivity index (χ1) is 18.5. The van der Waals surface area contributed by atoms with Crippen LogP contribution in [0.5, 0.6) is 17.2 Å². The molecule has 38 heavy (non-hydrogen) atoms. The van der Waals surface area contributed by atoms with Gasteiger partial charge in [-0.15, -0.1) is 0 Å². The number of aliphatic hydroxyl groups excluding tert-OH is 1. The number of benzene rings is 3. The lowest BCUT2D eigenvalue weighted by Gasteiger charge is -2.26. The van der Waals surface area contributed by atoms with Crippen LogP contribution in [0.15, 0.2) is 103 Å². The summed E-state index contributed by atoms with van der Waals surface area (Å²) >= 11 is 0. The maximum atomic E-state index is 13.5. The smallest absolute Gasteiger partial charge is 0.295 e. The predicted octanol–water partition coefficient (Wildman–Crippen LogP) is 5.81. The maximum Gasteiger partial charge on any atom is 0.295 e. The van der Waals surface area contributed by atoms with Gasteiger partial charge in [0.1, 0.15) is 23.0 Å². The second kappa shape index (κ2) is 10.6. The number of ether oxygens (including phenoxy) is 2. The highest BCUT2D eigenvalue weighted by Crippen LogP contribution is 2.42. The van der Waals surface area contributed by atoms with E-state index in [0.29, 0.717) is 28.4 Å². The van der Waals surface area contributed by atoms with Gasteiger partial charge in [-0.2, -0.15) is 0 Å². The minimum Gasteiger partial charge on any atom is -0.507 e. The molecule has 0 spiro atoms. The fourth-order valence-electron chi connectivity index (χ4n) is 4.60. The van der Waals surface area contributed by atoms with E-state index < -0.39 is 17.7 Å². The molecule has 2 heterocycles. The van der Waals surface area contributed by atoms with Crippen molar-refractivity contribution in [3.05, 3.63) is 125 Å². The third-order valence-electron chi connectivity index (χ3n) is 6.38. The van der Waals surface area contributed by atoms with Gasteiger partial charge in [-0.25, -0.2) is 0 Å². The molecule has 1 amide bonds. The van der Waals surface area contributed by atoms with Gasteiger partial charge in [-0.1, -0.05) is 48.0 Å². The zero-order chi connectivity index (χ0) is 26.6. The number of nitrogens with zero attached hydrogens (tertiary/aromatic N) is 2. The highest BCUT2D eigenvalue weighted by Gasteiger charge is 2.46. The van der Waals surface area contributed by atoms with Crippen molar-refractivity contribution in [2.75, 3.05) is 7.11 Å². The van der Waals surface area contributed by atoms with Crippen LogP contribution in [0.1, 0.15) is 28.3 Å². The largest absolute Gasteiger partial charge is 0.507 e. The Morgan fingerprint density at radius 1 is 0.947 bits per heavy atom. The van der Waals surface area contributed by atoms with Crippen molar-refractivity contribution in [1.29, 1.82) is 0 Å². The SMILES string of the molecule is COc1ccc(C)cc1/C(O)=C1\C(=O)C(=O)N(Cc2cccnc2)C1c1cccc(Oc2ccccc2)c1. The summed E-state index contributed by atoms with van der Waals surface area (Å²) in [5.74, 6) is -0.188. The van der Waals surface area contributed by atoms with Crippen molar-refractivity contribution in [3.63, 3.8) is 0 Å². The molecule has 3 aromatic carbocycles. The lowest BCUT2D eigenvalue weighted by Crippen LogP contribution is -2.29. The molecule has 190 valence electrons. The summed E-state index contributed by atoms with van der Waals surface area (Å²) in [4.78, 5) is 32.4. The van der Waals surface area contributed by atoms with Gasteiger partial charge in [-0.3, -0.25) is 14.6 Å². The molecule has 1 atom stereocenters. The summed E-state index contributed by atoms with van der Waals surface area (Å²) < 4.78 is 11.5. The second-order valence-electron chi connectivity index (χ2n) is 8.98. The van der Waals surface area contributed by atoms with E-state index in [1.54, 1.807) is 48.8 Å². The Labute approximate surface area is 220 Å². The lowest BCUT2D eigenvalue weighted by atomic mass is 9.94. The first-order valence-electron chi connectivity index (χ1n) is 12.1. The van der Waals surface area contributed by atoms with E-state index in [4.69, 9.17) is 9.47 Å². The van der Waals surface area contributed by atoms with E-state index in [2.05, 4.69) is 4.98 Å². The third-order valence-corrected chi connectivity index (χ3v) is 6.38. The lowest BCUT2D eigenvalue weighted by molar-refractivity contribution is -0.140. The number of pyridine rings is 1. The Morgan fingerprint density at radius 2 is 1.74 bits per heavy atom. The summed E-state index contributed by atoms with van der Waals surface area (Å²) in [7, 11) is 1.49. The van der Waals surface area contributed by atoms with Gasteiger partial charge >= 0.3 is 0 Å². The van der Waals surface area contributed by atoms with Crippen molar-refractivity contribution in [2.24, 2.45) is 0 Å². The molecule has 1 saturated heterocycles. The molecule has 0 radical (unpaired) electrons. The van der Waals surface area contributed by atoms with E-state index in [0.717, 1.165) is 11.1 Å². The van der Waals surface area contributed by atoms with Gasteiger partial charge in [-0.05, 0) is 60.5 Å². The molecule has 0 bridgehead atoms. The first kappa shape index (κ1) is 24.8. The van der Waals surface area contributed by atoms with Gasteiger partial charge < -0.3 is 19.5 Å². The molecule has 1 fully saturated rings. The predicted molar refractivity (Wildman–Crippen MR) is 143 cm³/mol. The molecule has 1 aliphatic rings. The Balaban J connectivity index is 1.65. The summed E-state index contributed by atoms with van der Waals surface area (Å²) in [5.41, 5.74) is 2.57. The van der Waals surface area contributed by atoms with Crippen molar-refractivity contribution in [3.8, 4) is 17.2 Å². The molecule has 1 aliphatic heterocycles. The molecular weight excluding hydrogens is 480 g/mol. The zero-order valence-electron chi connectivity index (χ0n) is 21.0. The monoisotopic (exact) mass is 506 g/mol. The minimum absolute atomic E-state index is 0.0142. The Morgan fingerprint density at radius 3 is 2.47 bits per heavy atom. The maximum absolute atomic E-state index is 13.5. The van der Waals surface area contributed by atoms with Crippen LogP contribution >= 0.6 is 0 Å². The Kier molecular flexibility index (Phi) is 6.91. The number of hydrogen-bond acceptors (Lipinski definition) is 6. The van der Waals surface area contributed by atoms with Crippen molar-refractivity contribution in [1.82, 2.24) is 9.88 Å². The Hall–Kier alpha value is -4.91. The van der Waals surface area contributed by atoms with E-state index in [9.17, 15) is 14.7 Å². The number of amides is 1. The van der Waals surface area contributed by atoms with Crippen molar-refractivity contribution in [2.45, 2.75) is 19.5 Å². The fourth-order valence-corrected chi connectivity index (χ4v) is 4.60. The number of aliphatic hydroxyl groups is 1. The average molecular weight is 507 g/mol. The van der Waals surface area contributed by atoms with Crippen molar-refractivity contribution < 1.29 is 24.2 Å². The van der Waals surface area contributed by atoms with Crippen LogP contribution in [-0.4, -0.2) is 33.8 Å². The number of carbonyl (C=O) groups excluding carboxylic acids is 2. The van der Waals surface area contributed by atoms with Gasteiger partial charge in [0.25, 0.3) is 11.7 Å². The highest BCUT2D eigenvalue weighted by atomic mass is 16.5. The molecule has 5 rings (SSSR count). The summed E-state index contributed by atoms with van der Waals surface area (Å²) in [6.07, 6.45) is 3.29. The van der Waals surface area contributed by atoms with Crippen LogP contribution in [-0.2, 0) is 16.1 Å². The molecule has 0 aliphatic carbocycles. The van der Waals surface area contributed by atoms with Crippen LogP contribution in [0.25, 0.3) is 5.76 Å². The number of aromatic nitrogens is 1. The van der Waals surface area contributed by atoms with Crippen LogP contribution in [0.4, 0.5) is 0 Å². The van der Waals surface area contributed by atoms with Gasteiger partial charge in [0.2, 0.25) is 0 Å². The summed E-state index contributed by atoms with van der Waals surface area (Å²) in [6, 6.07) is 24.5. The van der Waals surface area contributed by atoms with Crippen LogP contribution in [0.3, 0.4) is 0 Å². The molecule has 1 unspecified atom stereocenters. The number of Topliss-reactive ketones (excluding diaryl/α,β-unsaturated/α-hetero) is 1. The second-order valence-corrected chi connectivity index (χ2v) is 8.98. The van der Waals surface area contributed by atoms with Gasteiger partial charge in [0, 0.05) is 18.9 Å². The fraction of sp³-hybridized carbons (Fsp3) is 0.129. The zero-order valence-corrected chi connectivity index (χ0v) is 21.0. The number of carbonyl (C=O) groups is 2. The Bertz CT molecular complexity index is 1520. The normalized spacial score (nSPS) is 16.5. The molecule has 0 saturated carbocycles. The highest BCUT2D eigenvalue weighted by molar-refractivity contribution is 6.46. The van der Waals surface area contributed by atoms with E-state index >= 15 is 0 Å². The summed E-state index contributed by atoms with van der Waals surface area (Å²) in [5, 5.41) is 11.5. The average Bonchev–Trinajstić information content (AvgIpc) is 3.19. The molecular formula is C31H26N2O5. The van der Waals surface area contributed by atoms with Crippen LogP contribution in [0.2, 0.25) is 0 Å². The molecule has 7 heteroatoms. The number of likely N-dealkylation sites (tertiary alicyclic amines) is 1. The number of para-hydroxylation sites is 1. The molecule has 4 aromatic rings. The van der Waals surface area contributed by atoms with Crippen molar-refractivity contribution >= 4 is 17.4 Å². The van der Waals surface area contributed by atoms with E-state index in [1.807, 2.05) is 55.5 Å². The summed E-state index contributed by atoms with van der Waals surface area (Å²) in [6.45, 7) is 2.01. The number of ketones is 1. The first-order valence-corrected chi connectivity index (χ1v) is 12.1. The number of aryl methyl sites for hydroxylation is 1. The van der Waals surface area contributed by atoms with Crippen LogP contribution < -0.4 is 9.47 Å². The molecule has 1 aromatic heterocycles. The molecule has 7 nitrogen and oxygen atoms in total. The number of rotatable bonds is 7. The minimum atomic E-state index is -0.861. The quantitative estimate of drug-likeness (QED) is 0.193. The van der Waals surface area contributed by atoms with Crippen LogP contribution in [0, 0.1) is 6.92 Å². The van der Waals surface area contributed by atoms with Gasteiger partial charge in [0.05, 0.1) is 24.3 Å². The van der Waals surface area contributed by atoms with E-state index in [-0.39, 0.29) is 17.9 Å². The van der Waals surface area contributed by atoms with E-state index in [1.165, 1.54) is 12.0 Å².